The SMILES string of the molecule is CCN1C(=S)C2CN(C(=O)OC(C)(C)C)CCC2CCc2ncc(C(F)(F)F)cc21. The van der Waals surface area contributed by atoms with Crippen LogP contribution in [0.25, 0.3) is 0 Å². The highest BCUT2D eigenvalue weighted by molar-refractivity contribution is 7.80. The largest absolute Gasteiger partial charge is 0.444 e. The van der Waals surface area contributed by atoms with Crippen molar-refractivity contribution in [1.82, 2.24) is 9.88 Å². The molecule has 2 unspecified atom stereocenters. The molecule has 1 saturated heterocycles. The smallest absolute Gasteiger partial charge is 0.417 e. The predicted molar refractivity (Wildman–Crippen MR) is 113 cm³/mol. The number of hydrogen-bond donors (Lipinski definition) is 0. The highest BCUT2D eigenvalue weighted by Gasteiger charge is 2.40. The summed E-state index contributed by atoms with van der Waals surface area (Å²) in [5.74, 6) is 0.145. The van der Waals surface area contributed by atoms with Crippen molar-refractivity contribution in [2.75, 3.05) is 24.5 Å². The maximum absolute atomic E-state index is 13.3. The fraction of sp³-hybridized carbons (Fsp3) is 0.667. The van der Waals surface area contributed by atoms with Crippen molar-refractivity contribution in [3.8, 4) is 0 Å². The van der Waals surface area contributed by atoms with Gasteiger partial charge in [0.1, 0.15) is 5.60 Å². The molecule has 3 heterocycles. The van der Waals surface area contributed by atoms with E-state index in [1.165, 1.54) is 0 Å². The first-order valence-corrected chi connectivity index (χ1v) is 10.7. The summed E-state index contributed by atoms with van der Waals surface area (Å²) < 4.78 is 45.3. The third-order valence-corrected chi connectivity index (χ3v) is 6.15. The van der Waals surface area contributed by atoms with E-state index in [1.54, 1.807) is 9.80 Å². The van der Waals surface area contributed by atoms with Gasteiger partial charge in [-0.2, -0.15) is 13.2 Å². The van der Waals surface area contributed by atoms with Gasteiger partial charge in [-0.3, -0.25) is 4.98 Å². The summed E-state index contributed by atoms with van der Waals surface area (Å²) in [6, 6.07) is 1.15. The second kappa shape index (κ2) is 8.32. The third kappa shape index (κ3) is 4.87. The molecule has 0 spiro atoms. The number of ether oxygens (including phenoxy) is 1. The first-order chi connectivity index (χ1) is 13.9. The number of halogens is 3. The molecule has 2 atom stereocenters. The first-order valence-electron chi connectivity index (χ1n) is 10.3. The Balaban J connectivity index is 1.90. The number of rotatable bonds is 1. The standard InChI is InChI=1S/C21H28F3N3O2S/c1-5-27-17-10-14(21(22,23)24)11-25-16(17)7-6-13-8-9-26(12-15(13)18(27)30)19(28)29-20(2,3)4/h10-11,13,15H,5-9,12H2,1-4H3. The monoisotopic (exact) mass is 443 g/mol. The molecule has 0 aliphatic carbocycles. The van der Waals surface area contributed by atoms with Crippen molar-refractivity contribution >= 4 is 29.0 Å². The van der Waals surface area contributed by atoms with E-state index in [4.69, 9.17) is 17.0 Å². The molecule has 2 aliphatic rings. The summed E-state index contributed by atoms with van der Waals surface area (Å²) in [5, 5.41) is 0. The van der Waals surface area contributed by atoms with E-state index < -0.39 is 17.3 Å². The topological polar surface area (TPSA) is 45.7 Å². The lowest BCUT2D eigenvalue weighted by Gasteiger charge is -2.43. The minimum atomic E-state index is -4.47. The summed E-state index contributed by atoms with van der Waals surface area (Å²) in [5.41, 5.74) is -0.312. The van der Waals surface area contributed by atoms with Gasteiger partial charge >= 0.3 is 12.3 Å². The summed E-state index contributed by atoms with van der Waals surface area (Å²) in [4.78, 5) is 20.7. The van der Waals surface area contributed by atoms with E-state index >= 15 is 0 Å². The number of thiocarbonyl (C=S) groups is 1. The first kappa shape index (κ1) is 22.8. The molecule has 1 aromatic heterocycles. The molecule has 1 fully saturated rings. The van der Waals surface area contributed by atoms with Crippen LogP contribution in [0.4, 0.5) is 23.7 Å². The van der Waals surface area contributed by atoms with Gasteiger partial charge in [-0.1, -0.05) is 12.2 Å². The van der Waals surface area contributed by atoms with Gasteiger partial charge in [0.05, 0.1) is 21.9 Å². The zero-order valence-corrected chi connectivity index (χ0v) is 18.6. The normalized spacial score (nSPS) is 22.7. The highest BCUT2D eigenvalue weighted by atomic mass is 32.1. The van der Waals surface area contributed by atoms with Crippen LogP contribution in [0.15, 0.2) is 12.3 Å². The average Bonchev–Trinajstić information content (AvgIpc) is 2.64. The zero-order chi connectivity index (χ0) is 22.3. The molecule has 3 rings (SSSR count). The summed E-state index contributed by atoms with van der Waals surface area (Å²) >= 11 is 5.77. The number of alkyl halides is 3. The predicted octanol–water partition coefficient (Wildman–Crippen LogP) is 5.07. The molecule has 0 bridgehead atoms. The Kier molecular flexibility index (Phi) is 6.32. The molecule has 1 aromatic rings. The lowest BCUT2D eigenvalue weighted by Crippen LogP contribution is -2.51. The van der Waals surface area contributed by atoms with Crippen molar-refractivity contribution in [3.63, 3.8) is 0 Å². The molecule has 1 amide bonds. The molecule has 30 heavy (non-hydrogen) atoms. The van der Waals surface area contributed by atoms with Crippen LogP contribution in [0, 0.1) is 11.8 Å². The lowest BCUT2D eigenvalue weighted by molar-refractivity contribution is -0.137. The number of anilines is 1. The average molecular weight is 444 g/mol. The molecular formula is C21H28F3N3O2S. The third-order valence-electron chi connectivity index (χ3n) is 5.62. The number of carbonyl (C=O) groups is 1. The van der Waals surface area contributed by atoms with Crippen LogP contribution in [0.1, 0.15) is 51.8 Å². The van der Waals surface area contributed by atoms with Crippen molar-refractivity contribution in [3.05, 3.63) is 23.5 Å². The van der Waals surface area contributed by atoms with E-state index in [-0.39, 0.29) is 17.9 Å². The minimum Gasteiger partial charge on any atom is -0.444 e. The van der Waals surface area contributed by atoms with Gasteiger partial charge in [-0.25, -0.2) is 4.79 Å². The number of aromatic nitrogens is 1. The lowest BCUT2D eigenvalue weighted by atomic mass is 9.80. The van der Waals surface area contributed by atoms with Crippen molar-refractivity contribution in [2.24, 2.45) is 11.8 Å². The number of fused-ring (bicyclic) bond motifs is 2. The van der Waals surface area contributed by atoms with Gasteiger partial charge in [-0.05, 0) is 58.9 Å². The fourth-order valence-corrected chi connectivity index (χ4v) is 4.64. The molecule has 5 nitrogen and oxygen atoms in total. The quantitative estimate of drug-likeness (QED) is 0.567. The van der Waals surface area contributed by atoms with Gasteiger partial charge < -0.3 is 14.5 Å². The van der Waals surface area contributed by atoms with E-state index in [0.717, 1.165) is 25.1 Å². The Morgan fingerprint density at radius 3 is 2.60 bits per heavy atom. The van der Waals surface area contributed by atoms with Gasteiger partial charge in [0, 0.05) is 31.7 Å². The second-order valence-electron chi connectivity index (χ2n) is 8.89. The number of hydrogen-bond acceptors (Lipinski definition) is 4. The number of carbonyl (C=O) groups excluding carboxylic acids is 1. The Morgan fingerprint density at radius 2 is 2.00 bits per heavy atom. The Morgan fingerprint density at radius 1 is 1.30 bits per heavy atom. The molecule has 0 aromatic carbocycles. The molecule has 0 saturated carbocycles. The zero-order valence-electron chi connectivity index (χ0n) is 17.8. The van der Waals surface area contributed by atoms with Gasteiger partial charge in [0.15, 0.2) is 0 Å². The van der Waals surface area contributed by atoms with Crippen LogP contribution >= 0.6 is 12.2 Å². The Labute approximate surface area is 180 Å². The van der Waals surface area contributed by atoms with Crippen LogP contribution in [-0.2, 0) is 17.3 Å². The summed E-state index contributed by atoms with van der Waals surface area (Å²) in [7, 11) is 0. The van der Waals surface area contributed by atoms with Gasteiger partial charge in [0.25, 0.3) is 0 Å². The van der Waals surface area contributed by atoms with Gasteiger partial charge in [0.2, 0.25) is 0 Å². The maximum Gasteiger partial charge on any atom is 0.417 e. The van der Waals surface area contributed by atoms with Crippen LogP contribution in [0.3, 0.4) is 0 Å². The number of aryl methyl sites for hydroxylation is 1. The van der Waals surface area contributed by atoms with Crippen LogP contribution in [0.2, 0.25) is 0 Å². The summed E-state index contributed by atoms with van der Waals surface area (Å²) in [6.45, 7) is 8.75. The van der Waals surface area contributed by atoms with Crippen molar-refractivity contribution in [2.45, 2.75) is 58.7 Å². The Bertz CT molecular complexity index is 823. The number of pyridine rings is 1. The van der Waals surface area contributed by atoms with Crippen LogP contribution in [-0.4, -0.2) is 46.2 Å². The molecule has 2 aliphatic heterocycles. The molecule has 0 radical (unpaired) electrons. The Hall–Kier alpha value is -1.90. The van der Waals surface area contributed by atoms with E-state index in [9.17, 15) is 18.0 Å². The molecule has 0 N–H and O–H groups in total. The number of nitrogens with zero attached hydrogens (tertiary/aromatic N) is 3. The maximum atomic E-state index is 13.3. The molecular weight excluding hydrogens is 415 g/mol. The summed E-state index contributed by atoms with van der Waals surface area (Å²) in [6.07, 6.45) is -1.81. The van der Waals surface area contributed by atoms with Crippen molar-refractivity contribution < 1.29 is 22.7 Å². The molecule has 166 valence electrons. The van der Waals surface area contributed by atoms with E-state index in [2.05, 4.69) is 4.98 Å². The van der Waals surface area contributed by atoms with Gasteiger partial charge in [-0.15, -0.1) is 0 Å². The van der Waals surface area contributed by atoms with E-state index in [0.29, 0.717) is 42.4 Å². The van der Waals surface area contributed by atoms with Crippen molar-refractivity contribution in [1.29, 1.82) is 0 Å². The highest BCUT2D eigenvalue weighted by Crippen LogP contribution is 2.38. The molecule has 9 heteroatoms. The van der Waals surface area contributed by atoms with E-state index in [1.807, 2.05) is 27.7 Å². The minimum absolute atomic E-state index is 0.107. The number of amides is 1. The van der Waals surface area contributed by atoms with Crippen LogP contribution < -0.4 is 4.90 Å². The number of piperidine rings is 1. The fourth-order valence-electron chi connectivity index (χ4n) is 4.15. The second-order valence-corrected chi connectivity index (χ2v) is 9.31. The van der Waals surface area contributed by atoms with Crippen LogP contribution in [0.5, 0.6) is 0 Å². The number of likely N-dealkylation sites (tertiary alicyclic amines) is 1.